The lowest BCUT2D eigenvalue weighted by atomic mass is 10.3. The molecule has 3 N–H and O–H groups in total. The first-order chi connectivity index (χ1) is 5.52. The third-order valence-corrected chi connectivity index (χ3v) is 1.36. The van der Waals surface area contributed by atoms with Gasteiger partial charge in [0.1, 0.15) is 0 Å². The molecule has 0 aromatic rings. The fourth-order valence-electron chi connectivity index (χ4n) is 0.706. The number of aliphatic hydroxyl groups is 1. The highest BCUT2D eigenvalue weighted by molar-refractivity contribution is 5.72. The summed E-state index contributed by atoms with van der Waals surface area (Å²) < 4.78 is 0. The first kappa shape index (κ1) is 11.4. The highest BCUT2D eigenvalue weighted by Gasteiger charge is 2.02. The maximum atomic E-state index is 10.5. The van der Waals surface area contributed by atoms with E-state index < -0.39 is 6.10 Å². The molecule has 1 amide bonds. The number of carbonyl (C=O) groups excluding carboxylic acids is 1. The lowest BCUT2D eigenvalue weighted by molar-refractivity contribution is -0.119. The van der Waals surface area contributed by atoms with Crippen LogP contribution in [0.3, 0.4) is 0 Å². The van der Waals surface area contributed by atoms with Crippen molar-refractivity contribution < 1.29 is 9.90 Å². The standard InChI is InChI=1S/C8H17N2O2/c1-6(4-10-8(3)12)9-5-7(2)11/h6-7,9,11H,2,4-5H2,1,3H3,(H,10,12). The topological polar surface area (TPSA) is 61.4 Å². The molecule has 12 heavy (non-hydrogen) atoms. The Balaban J connectivity index is 3.33. The van der Waals surface area contributed by atoms with Crippen LogP contribution >= 0.6 is 0 Å². The van der Waals surface area contributed by atoms with Crippen molar-refractivity contribution in [2.75, 3.05) is 13.1 Å². The third kappa shape index (κ3) is 7.50. The van der Waals surface area contributed by atoms with Gasteiger partial charge in [-0.2, -0.15) is 0 Å². The number of nitrogens with one attached hydrogen (secondary N) is 2. The molecule has 1 radical (unpaired) electrons. The van der Waals surface area contributed by atoms with Gasteiger partial charge in [-0.15, -0.1) is 0 Å². The molecule has 0 heterocycles. The number of hydrogen-bond acceptors (Lipinski definition) is 3. The summed E-state index contributed by atoms with van der Waals surface area (Å²) in [6.07, 6.45) is -0.593. The third-order valence-electron chi connectivity index (χ3n) is 1.36. The number of aliphatic hydroxyl groups excluding tert-OH is 1. The van der Waals surface area contributed by atoms with E-state index >= 15 is 0 Å². The van der Waals surface area contributed by atoms with Crippen molar-refractivity contribution >= 4 is 5.91 Å². The van der Waals surface area contributed by atoms with Gasteiger partial charge in [0.2, 0.25) is 5.91 Å². The van der Waals surface area contributed by atoms with E-state index in [0.717, 1.165) is 0 Å². The molecule has 71 valence electrons. The molecule has 0 bridgehead atoms. The van der Waals surface area contributed by atoms with Gasteiger partial charge in [0.05, 0.1) is 6.10 Å². The van der Waals surface area contributed by atoms with Crippen LogP contribution in [0.1, 0.15) is 13.8 Å². The van der Waals surface area contributed by atoms with Crippen molar-refractivity contribution in [3.8, 4) is 0 Å². The summed E-state index contributed by atoms with van der Waals surface area (Å²) in [5.41, 5.74) is 0. The second-order valence-corrected chi connectivity index (χ2v) is 2.90. The Morgan fingerprint density at radius 1 is 1.58 bits per heavy atom. The number of carbonyl (C=O) groups is 1. The predicted molar refractivity (Wildman–Crippen MR) is 47.5 cm³/mol. The smallest absolute Gasteiger partial charge is 0.216 e. The van der Waals surface area contributed by atoms with Crippen LogP contribution in [0.5, 0.6) is 0 Å². The predicted octanol–water partition coefficient (Wildman–Crippen LogP) is -0.704. The average molecular weight is 173 g/mol. The second kappa shape index (κ2) is 5.97. The minimum Gasteiger partial charge on any atom is -0.392 e. The van der Waals surface area contributed by atoms with Gasteiger partial charge in [-0.05, 0) is 13.8 Å². The van der Waals surface area contributed by atoms with Crippen LogP contribution in [0.4, 0.5) is 0 Å². The SMILES string of the molecule is [CH2]C(O)CNC(C)CNC(C)=O. The molecular weight excluding hydrogens is 156 g/mol. The maximum absolute atomic E-state index is 10.5. The van der Waals surface area contributed by atoms with Crippen LogP contribution in [0.25, 0.3) is 0 Å². The molecule has 0 aliphatic rings. The molecule has 2 atom stereocenters. The van der Waals surface area contributed by atoms with Gasteiger partial charge in [-0.3, -0.25) is 4.79 Å². The van der Waals surface area contributed by atoms with E-state index in [2.05, 4.69) is 17.6 Å². The largest absolute Gasteiger partial charge is 0.392 e. The quantitative estimate of drug-likeness (QED) is 0.515. The van der Waals surface area contributed by atoms with E-state index in [-0.39, 0.29) is 11.9 Å². The fourth-order valence-corrected chi connectivity index (χ4v) is 0.706. The van der Waals surface area contributed by atoms with Gasteiger partial charge in [-0.1, -0.05) is 0 Å². The molecule has 0 spiro atoms. The Bertz CT molecular complexity index is 137. The van der Waals surface area contributed by atoms with Crippen LogP contribution < -0.4 is 10.6 Å². The lowest BCUT2D eigenvalue weighted by Crippen LogP contribution is -2.40. The van der Waals surface area contributed by atoms with Crippen LogP contribution in [-0.2, 0) is 4.79 Å². The van der Waals surface area contributed by atoms with E-state index in [1.807, 2.05) is 6.92 Å². The van der Waals surface area contributed by atoms with Crippen molar-refractivity contribution in [1.29, 1.82) is 0 Å². The van der Waals surface area contributed by atoms with Crippen molar-refractivity contribution in [3.05, 3.63) is 6.92 Å². The van der Waals surface area contributed by atoms with Crippen molar-refractivity contribution in [2.45, 2.75) is 26.0 Å². The minimum atomic E-state index is -0.593. The first-order valence-electron chi connectivity index (χ1n) is 4.01. The van der Waals surface area contributed by atoms with Crippen LogP contribution in [0, 0.1) is 6.92 Å². The molecular formula is C8H17N2O2. The van der Waals surface area contributed by atoms with Crippen LogP contribution in [-0.4, -0.2) is 36.2 Å². The zero-order valence-electron chi connectivity index (χ0n) is 7.63. The molecule has 4 nitrogen and oxygen atoms in total. The Morgan fingerprint density at radius 3 is 2.58 bits per heavy atom. The molecule has 0 aromatic carbocycles. The summed E-state index contributed by atoms with van der Waals surface area (Å²) in [6, 6.07) is 0.158. The second-order valence-electron chi connectivity index (χ2n) is 2.90. The summed E-state index contributed by atoms with van der Waals surface area (Å²) in [7, 11) is 0. The van der Waals surface area contributed by atoms with Crippen molar-refractivity contribution in [2.24, 2.45) is 0 Å². The lowest BCUT2D eigenvalue weighted by Gasteiger charge is -2.14. The summed E-state index contributed by atoms with van der Waals surface area (Å²) in [5, 5.41) is 14.5. The fraction of sp³-hybridized carbons (Fsp3) is 0.750. The maximum Gasteiger partial charge on any atom is 0.216 e. The van der Waals surface area contributed by atoms with Crippen LogP contribution in [0.2, 0.25) is 0 Å². The number of amides is 1. The minimum absolute atomic E-state index is 0.0428. The molecule has 0 fully saturated rings. The average Bonchev–Trinajstić information content (AvgIpc) is 1.96. The molecule has 0 aromatic heterocycles. The summed E-state index contributed by atoms with van der Waals surface area (Å²) in [6.45, 7) is 7.83. The highest BCUT2D eigenvalue weighted by Crippen LogP contribution is 1.81. The zero-order valence-corrected chi connectivity index (χ0v) is 7.63. The Morgan fingerprint density at radius 2 is 2.17 bits per heavy atom. The molecule has 4 heteroatoms. The van der Waals surface area contributed by atoms with Crippen molar-refractivity contribution in [1.82, 2.24) is 10.6 Å². The normalized spacial score (nSPS) is 15.3. The molecule has 0 rings (SSSR count). The summed E-state index contributed by atoms with van der Waals surface area (Å²) in [4.78, 5) is 10.5. The van der Waals surface area contributed by atoms with Gasteiger partial charge < -0.3 is 15.7 Å². The van der Waals surface area contributed by atoms with Gasteiger partial charge in [0, 0.05) is 26.1 Å². The van der Waals surface area contributed by atoms with E-state index in [4.69, 9.17) is 5.11 Å². The first-order valence-corrected chi connectivity index (χ1v) is 4.01. The molecule has 0 aliphatic heterocycles. The Kier molecular flexibility index (Phi) is 5.66. The van der Waals surface area contributed by atoms with E-state index in [0.29, 0.717) is 13.1 Å². The molecule has 0 saturated heterocycles. The summed E-state index contributed by atoms with van der Waals surface area (Å²) in [5.74, 6) is -0.0428. The number of hydrogen-bond donors (Lipinski definition) is 3. The number of rotatable bonds is 5. The highest BCUT2D eigenvalue weighted by atomic mass is 16.3. The van der Waals surface area contributed by atoms with E-state index in [1.165, 1.54) is 6.92 Å². The van der Waals surface area contributed by atoms with E-state index in [9.17, 15) is 4.79 Å². The summed E-state index contributed by atoms with van der Waals surface area (Å²) >= 11 is 0. The van der Waals surface area contributed by atoms with E-state index in [1.54, 1.807) is 0 Å². The molecule has 0 aliphatic carbocycles. The van der Waals surface area contributed by atoms with Crippen LogP contribution in [0.15, 0.2) is 0 Å². The van der Waals surface area contributed by atoms with Gasteiger partial charge >= 0.3 is 0 Å². The van der Waals surface area contributed by atoms with Crippen molar-refractivity contribution in [3.63, 3.8) is 0 Å². The monoisotopic (exact) mass is 173 g/mol. The molecule has 0 saturated carbocycles. The molecule has 2 unspecified atom stereocenters. The van der Waals surface area contributed by atoms with Gasteiger partial charge in [0.25, 0.3) is 0 Å². The Hall–Kier alpha value is -0.610. The zero-order chi connectivity index (χ0) is 9.56. The van der Waals surface area contributed by atoms with Gasteiger partial charge in [0.15, 0.2) is 0 Å². The Labute approximate surface area is 73.3 Å². The van der Waals surface area contributed by atoms with Gasteiger partial charge in [-0.25, -0.2) is 0 Å².